The van der Waals surface area contributed by atoms with Crippen molar-refractivity contribution in [2.75, 3.05) is 6.61 Å². The Morgan fingerprint density at radius 1 is 1.00 bits per heavy atom. The van der Waals surface area contributed by atoms with Crippen molar-refractivity contribution >= 4 is 11.8 Å². The summed E-state index contributed by atoms with van der Waals surface area (Å²) < 4.78 is 33.8. The van der Waals surface area contributed by atoms with E-state index in [1.807, 2.05) is 51.1 Å². The Morgan fingerprint density at radius 3 is 2.30 bits per heavy atom. The van der Waals surface area contributed by atoms with Crippen molar-refractivity contribution in [1.82, 2.24) is 0 Å². The van der Waals surface area contributed by atoms with Gasteiger partial charge in [0.05, 0.1) is 17.6 Å². The molecule has 232 valence electrons. The van der Waals surface area contributed by atoms with Crippen molar-refractivity contribution in [2.45, 2.75) is 80.5 Å². The van der Waals surface area contributed by atoms with E-state index < -0.39 is 88.4 Å². The van der Waals surface area contributed by atoms with E-state index >= 15 is 0 Å². The Kier molecular flexibility index (Phi) is 5.60. The van der Waals surface area contributed by atoms with Crippen molar-refractivity contribution in [3.8, 4) is 0 Å². The maximum Gasteiger partial charge on any atom is 0.338 e. The molecule has 0 aromatic heterocycles. The van der Waals surface area contributed by atoms with Gasteiger partial charge < -0.3 is 39.0 Å². The van der Waals surface area contributed by atoms with Gasteiger partial charge >= 0.3 is 11.9 Å². The predicted octanol–water partition coefficient (Wildman–Crippen LogP) is 2.25. The molecule has 2 aromatic rings. The zero-order chi connectivity index (χ0) is 31.1. The van der Waals surface area contributed by atoms with Crippen LogP contribution in [-0.4, -0.2) is 80.5 Å². The summed E-state index contributed by atoms with van der Waals surface area (Å²) in [4.78, 5) is 27.5. The molecule has 10 heteroatoms. The zero-order valence-electron chi connectivity index (χ0n) is 24.9. The first-order valence-electron chi connectivity index (χ1n) is 15.2. The lowest BCUT2D eigenvalue weighted by atomic mass is 9.47. The second-order valence-electron chi connectivity index (χ2n) is 13.7. The number of carbonyl (C=O) groups is 2. The smallest absolute Gasteiger partial charge is 0.338 e. The van der Waals surface area contributed by atoms with E-state index in [4.69, 9.17) is 23.7 Å². The van der Waals surface area contributed by atoms with Gasteiger partial charge in [0.25, 0.3) is 0 Å². The molecule has 0 spiro atoms. The van der Waals surface area contributed by atoms with E-state index in [0.29, 0.717) is 11.1 Å². The lowest BCUT2D eigenvalue weighted by Crippen LogP contribution is -2.80. The van der Waals surface area contributed by atoms with Crippen LogP contribution in [0.2, 0.25) is 0 Å². The maximum atomic E-state index is 13.8. The van der Waals surface area contributed by atoms with E-state index in [1.165, 1.54) is 6.08 Å². The van der Waals surface area contributed by atoms with Crippen LogP contribution in [-0.2, 0) is 34.5 Å². The van der Waals surface area contributed by atoms with Crippen molar-refractivity contribution in [3.63, 3.8) is 0 Å². The Hall–Kier alpha value is -2.96. The van der Waals surface area contributed by atoms with Gasteiger partial charge in [-0.15, -0.1) is 0 Å². The minimum atomic E-state index is -2.45. The third-order valence-corrected chi connectivity index (χ3v) is 11.8. The molecule has 3 aliphatic heterocycles. The molecule has 3 aliphatic carbocycles. The van der Waals surface area contributed by atoms with Crippen LogP contribution in [0.3, 0.4) is 0 Å². The van der Waals surface area contributed by atoms with Crippen LogP contribution in [0.15, 0.2) is 72.8 Å². The molecule has 4 unspecified atom stereocenters. The third kappa shape index (κ3) is 2.88. The number of benzene rings is 2. The first-order valence-corrected chi connectivity index (χ1v) is 15.2. The lowest BCUT2D eigenvalue weighted by molar-refractivity contribution is -0.450. The number of aliphatic hydroxyl groups is 3. The molecule has 12 atom stereocenters. The topological polar surface area (TPSA) is 144 Å². The minimum Gasteiger partial charge on any atom is -0.455 e. The normalized spacial score (nSPS) is 49.3. The van der Waals surface area contributed by atoms with Gasteiger partial charge in [-0.05, 0) is 31.1 Å². The summed E-state index contributed by atoms with van der Waals surface area (Å²) >= 11 is 0. The summed E-state index contributed by atoms with van der Waals surface area (Å²) in [5, 5.41) is 35.0. The van der Waals surface area contributed by atoms with Crippen molar-refractivity contribution in [1.29, 1.82) is 0 Å². The monoisotopic (exact) mass is 604 g/mol. The number of hydrogen-bond donors (Lipinski definition) is 3. The van der Waals surface area contributed by atoms with Crippen LogP contribution in [0, 0.1) is 23.2 Å². The minimum absolute atomic E-state index is 0.309. The summed E-state index contributed by atoms with van der Waals surface area (Å²) in [5.41, 5.74) is -7.68. The van der Waals surface area contributed by atoms with Gasteiger partial charge in [-0.2, -0.15) is 0 Å². The molecule has 6 aliphatic rings. The Labute approximate surface area is 254 Å². The van der Waals surface area contributed by atoms with Gasteiger partial charge in [-0.3, -0.25) is 4.79 Å². The number of fused-ring (bicyclic) bond motifs is 3. The van der Waals surface area contributed by atoms with Crippen molar-refractivity contribution in [3.05, 3.63) is 83.9 Å². The van der Waals surface area contributed by atoms with E-state index in [-0.39, 0.29) is 5.92 Å². The van der Waals surface area contributed by atoms with Crippen LogP contribution in [0.1, 0.15) is 43.6 Å². The number of hydrogen-bond acceptors (Lipinski definition) is 10. The molecule has 2 aromatic carbocycles. The molecule has 0 radical (unpaired) electrons. The molecule has 0 amide bonds. The maximum absolute atomic E-state index is 13.8. The second-order valence-corrected chi connectivity index (χ2v) is 13.7. The van der Waals surface area contributed by atoms with Gasteiger partial charge in [-0.25, -0.2) is 4.79 Å². The average molecular weight is 605 g/mol. The molecule has 5 fully saturated rings. The van der Waals surface area contributed by atoms with Crippen LogP contribution in [0.4, 0.5) is 0 Å². The Bertz CT molecular complexity index is 1580. The van der Waals surface area contributed by atoms with Gasteiger partial charge in [-0.1, -0.05) is 75.4 Å². The fourth-order valence-corrected chi connectivity index (χ4v) is 9.55. The summed E-state index contributed by atoms with van der Waals surface area (Å²) in [6, 6.07) is 17.8. The Balaban J connectivity index is 1.42. The molecule has 8 rings (SSSR count). The Morgan fingerprint density at radius 2 is 1.66 bits per heavy atom. The number of ketones is 1. The summed E-state index contributed by atoms with van der Waals surface area (Å²) in [5.74, 6) is -4.93. The van der Waals surface area contributed by atoms with Crippen LogP contribution >= 0.6 is 0 Å². The summed E-state index contributed by atoms with van der Waals surface area (Å²) in [7, 11) is 0. The fraction of sp³-hybridized carbons (Fsp3) is 0.529. The molecular formula is C34H36O10. The largest absolute Gasteiger partial charge is 0.455 e. The van der Waals surface area contributed by atoms with Crippen LogP contribution in [0.5, 0.6) is 0 Å². The molecule has 3 saturated heterocycles. The third-order valence-electron chi connectivity index (χ3n) is 11.8. The number of rotatable bonds is 5. The second kappa shape index (κ2) is 8.64. The van der Waals surface area contributed by atoms with Crippen molar-refractivity contribution < 1.29 is 48.6 Å². The highest BCUT2D eigenvalue weighted by Crippen LogP contribution is 2.76. The van der Waals surface area contributed by atoms with Gasteiger partial charge in [0.2, 0.25) is 0 Å². The molecule has 3 N–H and O–H groups in total. The number of ether oxygens (including phenoxy) is 5. The van der Waals surface area contributed by atoms with Gasteiger partial charge in [0.15, 0.2) is 11.4 Å². The SMILES string of the molecule is CC(C)C12OC3(c4ccccc4)OC1[C@@H]1[C@@H]4O[C@]4(CO)[C@@H](O)[C@]4(O)C(=O)C=C[C@@]4(C)C1(O3)[C@H](C)[C@H]2OC(=O)c1ccccc1. The highest BCUT2D eigenvalue weighted by molar-refractivity contribution is 6.02. The first-order chi connectivity index (χ1) is 20.9. The number of carbonyl (C=O) groups excluding carboxylic acids is 2. The predicted molar refractivity (Wildman–Crippen MR) is 152 cm³/mol. The molecule has 3 bridgehead atoms. The highest BCUT2D eigenvalue weighted by atomic mass is 16.9. The van der Waals surface area contributed by atoms with Crippen LogP contribution < -0.4 is 0 Å². The fourth-order valence-electron chi connectivity index (χ4n) is 9.55. The first kappa shape index (κ1) is 28.5. The molecule has 3 heterocycles. The van der Waals surface area contributed by atoms with Gasteiger partial charge in [0, 0.05) is 17.4 Å². The summed E-state index contributed by atoms with van der Waals surface area (Å²) in [6.45, 7) is 6.81. The molecule has 10 nitrogen and oxygen atoms in total. The van der Waals surface area contributed by atoms with E-state index in [1.54, 1.807) is 43.3 Å². The molecule has 2 saturated carbocycles. The number of aliphatic hydroxyl groups excluding tert-OH is 2. The quantitative estimate of drug-likeness (QED) is 0.343. The van der Waals surface area contributed by atoms with Crippen molar-refractivity contribution in [2.24, 2.45) is 23.2 Å². The van der Waals surface area contributed by atoms with Crippen LogP contribution in [0.25, 0.3) is 0 Å². The molecule has 44 heavy (non-hydrogen) atoms. The van der Waals surface area contributed by atoms with E-state index in [9.17, 15) is 24.9 Å². The number of epoxide rings is 1. The average Bonchev–Trinajstić information content (AvgIpc) is 3.65. The van der Waals surface area contributed by atoms with Gasteiger partial charge in [0.1, 0.15) is 41.2 Å². The summed E-state index contributed by atoms with van der Waals surface area (Å²) in [6.07, 6.45) is -1.69. The van der Waals surface area contributed by atoms with E-state index in [2.05, 4.69) is 0 Å². The zero-order valence-corrected chi connectivity index (χ0v) is 24.9. The highest BCUT2D eigenvalue weighted by Gasteiger charge is 2.93. The number of esters is 1. The standard InChI is InChI=1S/C34H36O10/c1-18(2)31-24(40-27(37)20-11-7-5-8-12-20)19(3)33-23(26(31)42-34(43-31,44-33)21-13-9-6-10-14-21)25-30(17-35,41-25)28(38)32(39)22(36)15-16-29(32,33)4/h5-16,18-19,23-26,28,35,38-39H,17H2,1-4H3/t19-,23+,24-,25+,26?,28-,29-,30+,31?,32-,33?,34?/m1/s1. The lowest BCUT2D eigenvalue weighted by Gasteiger charge is -2.65. The molecular weight excluding hydrogens is 568 g/mol. The van der Waals surface area contributed by atoms with E-state index in [0.717, 1.165) is 0 Å².